The van der Waals surface area contributed by atoms with Crippen molar-refractivity contribution >= 4 is 29.5 Å². The van der Waals surface area contributed by atoms with E-state index in [0.29, 0.717) is 0 Å². The second-order valence-electron chi connectivity index (χ2n) is 9.71. The Kier molecular flexibility index (Phi) is 9.82. The zero-order valence-corrected chi connectivity index (χ0v) is 24.2. The van der Waals surface area contributed by atoms with E-state index in [-0.39, 0.29) is 33.0 Å². The van der Waals surface area contributed by atoms with Gasteiger partial charge in [-0.05, 0) is 55.9 Å². The third-order valence-electron chi connectivity index (χ3n) is 6.73. The summed E-state index contributed by atoms with van der Waals surface area (Å²) in [5, 5.41) is 29.9. The molecule has 0 saturated heterocycles. The van der Waals surface area contributed by atoms with Gasteiger partial charge < -0.3 is 21.1 Å². The predicted octanol–water partition coefficient (Wildman–Crippen LogP) is 4.30. The molecule has 1 aliphatic carbocycles. The van der Waals surface area contributed by atoms with Crippen LogP contribution >= 0.6 is 11.6 Å². The maximum absolute atomic E-state index is 15.9. The van der Waals surface area contributed by atoms with Gasteiger partial charge in [0.25, 0.3) is 5.56 Å². The highest BCUT2D eigenvalue weighted by Gasteiger charge is 2.45. The Hall–Kier alpha value is -4.51. The number of aromatic nitrogens is 4. The average Bonchev–Trinajstić information content (AvgIpc) is 3.57. The molecule has 2 aromatic heterocycles. The van der Waals surface area contributed by atoms with Crippen molar-refractivity contribution < 1.29 is 37.3 Å². The quantitative estimate of drug-likeness (QED) is 0.144. The van der Waals surface area contributed by atoms with Crippen molar-refractivity contribution in [1.29, 1.82) is 0 Å². The minimum absolute atomic E-state index is 0.164. The van der Waals surface area contributed by atoms with Gasteiger partial charge in [0.05, 0.1) is 11.8 Å². The Morgan fingerprint density at radius 2 is 1.98 bits per heavy atom. The van der Waals surface area contributed by atoms with E-state index in [9.17, 15) is 18.0 Å². The van der Waals surface area contributed by atoms with Crippen molar-refractivity contribution in [1.82, 2.24) is 19.3 Å². The fourth-order valence-electron chi connectivity index (χ4n) is 4.66. The van der Waals surface area contributed by atoms with Crippen LogP contribution in [0.3, 0.4) is 0 Å². The normalized spacial score (nSPS) is 18.4. The molecule has 238 valence electrons. The molecule has 1 fully saturated rings. The highest BCUT2D eigenvalue weighted by Crippen LogP contribution is 2.53. The predicted molar refractivity (Wildman–Crippen MR) is 155 cm³/mol. The molecule has 0 bridgehead atoms. The number of aliphatic hydroxyl groups is 3. The number of hydrogen-bond acceptors (Lipinski definition) is 9. The van der Waals surface area contributed by atoms with Crippen molar-refractivity contribution in [2.45, 2.75) is 38.8 Å². The van der Waals surface area contributed by atoms with Crippen LogP contribution in [0.1, 0.15) is 42.6 Å². The summed E-state index contributed by atoms with van der Waals surface area (Å²) in [5.41, 5.74) is 3.32. The summed E-state index contributed by atoms with van der Waals surface area (Å²) in [6.45, 7) is -0.114. The van der Waals surface area contributed by atoms with Gasteiger partial charge in [-0.3, -0.25) is 14.4 Å². The number of alkyl halides is 2. The van der Waals surface area contributed by atoms with Gasteiger partial charge in [-0.25, -0.2) is 13.8 Å². The minimum atomic E-state index is -3.67. The molecular formula is C28H25ClF5N7O4. The fourth-order valence-corrected chi connectivity index (χ4v) is 4.94. The molecule has 0 amide bonds. The number of allylic oxidation sites excluding steroid dienone is 3. The zero-order chi connectivity index (χ0) is 33.2. The minimum Gasteiger partial charge on any atom is -0.404 e. The summed E-state index contributed by atoms with van der Waals surface area (Å²) < 4.78 is 73.7. The lowest BCUT2D eigenvalue weighted by atomic mass is 10.0. The van der Waals surface area contributed by atoms with Crippen LogP contribution < -0.4 is 11.3 Å². The Bertz CT molecular complexity index is 1830. The van der Waals surface area contributed by atoms with E-state index in [1.54, 1.807) is 6.92 Å². The van der Waals surface area contributed by atoms with Gasteiger partial charge in [0, 0.05) is 29.2 Å². The first kappa shape index (κ1) is 33.4. The van der Waals surface area contributed by atoms with Gasteiger partial charge in [0.2, 0.25) is 5.97 Å². The summed E-state index contributed by atoms with van der Waals surface area (Å²) in [5.74, 6) is -5.52. The number of nitrogens with zero attached hydrogens (tertiary/aromatic N) is 6. The van der Waals surface area contributed by atoms with Crippen molar-refractivity contribution in [2.24, 2.45) is 21.6 Å². The molecule has 2 heterocycles. The standard InChI is InChI=1S/C28H25ClF5N7O4/c1-3-7-36-23(14-5-4-6-15(22(14)31)25-37-12-38-41(25)27(33)34)20(30)11-40-13(2)8-18(21(29)26(40)42)16-9-17(16)19(10-35)24(32)39-28(43,44)45/h3-8,10-12,16-17,27,43-45H,9,35H2,1-2H3/b7-3+,19-10-,20-11-,36-23+,39-24-. The number of aliphatic imine (C=N–C) groups is 2. The molecule has 0 spiro atoms. The number of nitrogens with two attached hydrogens (primary N) is 1. The van der Waals surface area contributed by atoms with Crippen LogP contribution in [0.15, 0.2) is 75.2 Å². The molecule has 17 heteroatoms. The third kappa shape index (κ3) is 7.09. The molecule has 1 aliphatic rings. The van der Waals surface area contributed by atoms with Crippen LogP contribution in [0, 0.1) is 18.7 Å². The summed E-state index contributed by atoms with van der Waals surface area (Å²) in [7, 11) is 0. The third-order valence-corrected chi connectivity index (χ3v) is 7.11. The molecule has 0 radical (unpaired) electrons. The van der Waals surface area contributed by atoms with E-state index < -0.39 is 70.3 Å². The lowest BCUT2D eigenvalue weighted by molar-refractivity contribution is -0.304. The lowest BCUT2D eigenvalue weighted by Gasteiger charge is -2.13. The van der Waals surface area contributed by atoms with Crippen LogP contribution in [-0.2, 0) is 0 Å². The summed E-state index contributed by atoms with van der Waals surface area (Å²) in [6, 6.07) is 5.05. The molecule has 5 N–H and O–H groups in total. The number of aryl methyl sites for hydroxylation is 1. The molecule has 0 aliphatic heterocycles. The molecule has 2 unspecified atom stereocenters. The highest BCUT2D eigenvalue weighted by molar-refractivity contribution is 6.31. The molecule has 2 atom stereocenters. The van der Waals surface area contributed by atoms with E-state index in [1.165, 1.54) is 25.1 Å². The van der Waals surface area contributed by atoms with Gasteiger partial charge in [0.15, 0.2) is 11.7 Å². The van der Waals surface area contributed by atoms with Crippen LogP contribution in [0.2, 0.25) is 5.02 Å². The molecular weight excluding hydrogens is 629 g/mol. The maximum Gasteiger partial charge on any atom is 0.390 e. The van der Waals surface area contributed by atoms with E-state index in [1.807, 2.05) is 0 Å². The van der Waals surface area contributed by atoms with Crippen molar-refractivity contribution in [3.8, 4) is 11.4 Å². The zero-order valence-electron chi connectivity index (χ0n) is 23.4. The molecule has 4 rings (SSSR count). The Morgan fingerprint density at radius 1 is 1.27 bits per heavy atom. The molecule has 45 heavy (non-hydrogen) atoms. The molecule has 11 nitrogen and oxygen atoms in total. The maximum atomic E-state index is 15.9. The SMILES string of the molecule is C/C=C/N=C(/C(F)=C/n1c(C)cc(C2CC2C(=C/N)/C(F)=N/C(O)(O)O)c(Cl)c1=O)c1cccc(-c2ncnn2C(F)F)c1F. The van der Waals surface area contributed by atoms with Gasteiger partial charge in [0.1, 0.15) is 22.9 Å². The van der Waals surface area contributed by atoms with E-state index in [0.717, 1.165) is 41.6 Å². The summed E-state index contributed by atoms with van der Waals surface area (Å²) in [4.78, 5) is 23.6. The van der Waals surface area contributed by atoms with Crippen LogP contribution in [0.25, 0.3) is 17.6 Å². The van der Waals surface area contributed by atoms with E-state index in [2.05, 4.69) is 20.1 Å². The second kappa shape index (κ2) is 13.2. The van der Waals surface area contributed by atoms with Crippen molar-refractivity contribution in [2.75, 3.05) is 0 Å². The Balaban J connectivity index is 1.73. The number of rotatable bonds is 10. The summed E-state index contributed by atoms with van der Waals surface area (Å²) >= 11 is 6.35. The molecule has 1 aromatic carbocycles. The topological polar surface area (TPSA) is 164 Å². The molecule has 1 saturated carbocycles. The van der Waals surface area contributed by atoms with Crippen molar-refractivity contribution in [3.63, 3.8) is 0 Å². The van der Waals surface area contributed by atoms with Gasteiger partial charge in [-0.2, -0.15) is 27.9 Å². The first-order valence-corrected chi connectivity index (χ1v) is 13.4. The number of halogens is 6. The smallest absolute Gasteiger partial charge is 0.390 e. The fraction of sp³-hybridized carbons (Fsp3) is 0.250. The monoisotopic (exact) mass is 653 g/mol. The number of hydrogen-bond donors (Lipinski definition) is 4. The Labute approximate surface area is 256 Å². The van der Waals surface area contributed by atoms with Gasteiger partial charge in [-0.15, -0.1) is 0 Å². The second-order valence-corrected chi connectivity index (χ2v) is 10.1. The Morgan fingerprint density at radius 3 is 2.60 bits per heavy atom. The van der Waals surface area contributed by atoms with Crippen LogP contribution in [0.5, 0.6) is 0 Å². The summed E-state index contributed by atoms with van der Waals surface area (Å²) in [6.07, 6.45) is 1.52. The number of benzene rings is 1. The average molecular weight is 654 g/mol. The highest BCUT2D eigenvalue weighted by atomic mass is 35.5. The van der Waals surface area contributed by atoms with Crippen LogP contribution in [-0.4, -0.2) is 52.4 Å². The number of pyridine rings is 1. The largest absolute Gasteiger partial charge is 0.404 e. The first-order chi connectivity index (χ1) is 21.2. The molecule has 3 aromatic rings. The van der Waals surface area contributed by atoms with Crippen LogP contribution in [0.4, 0.5) is 22.0 Å². The van der Waals surface area contributed by atoms with Gasteiger partial charge in [-0.1, -0.05) is 23.7 Å². The van der Waals surface area contributed by atoms with E-state index >= 15 is 8.78 Å². The van der Waals surface area contributed by atoms with Gasteiger partial charge >= 0.3 is 12.6 Å². The first-order valence-electron chi connectivity index (χ1n) is 13.0. The lowest BCUT2D eigenvalue weighted by Crippen LogP contribution is -2.26. The van der Waals surface area contributed by atoms with E-state index in [4.69, 9.17) is 32.7 Å². The van der Waals surface area contributed by atoms with Crippen molar-refractivity contribution in [3.05, 3.63) is 98.5 Å².